The van der Waals surface area contributed by atoms with Gasteiger partial charge in [0.2, 0.25) is 0 Å². The molecule has 1 rings (SSSR count). The highest BCUT2D eigenvalue weighted by atomic mass is 16.5. The van der Waals surface area contributed by atoms with Crippen LogP contribution in [0.1, 0.15) is 10.4 Å². The second-order valence-electron chi connectivity index (χ2n) is 4.41. The van der Waals surface area contributed by atoms with Gasteiger partial charge in [0, 0.05) is 0 Å². The molecule has 6 N–H and O–H groups in total. The lowest BCUT2D eigenvalue weighted by molar-refractivity contribution is -0.124. The molecule has 0 saturated heterocycles. The summed E-state index contributed by atoms with van der Waals surface area (Å²) in [5.74, 6) is -1.22. The zero-order valence-corrected chi connectivity index (χ0v) is 11.0. The number of carbonyl (C=O) groups is 1. The molecule has 0 bridgehead atoms. The van der Waals surface area contributed by atoms with E-state index in [0.29, 0.717) is 0 Å². The molecule has 0 saturated carbocycles. The van der Waals surface area contributed by atoms with Crippen molar-refractivity contribution in [2.24, 2.45) is 0 Å². The Morgan fingerprint density at radius 3 is 2.19 bits per heavy atom. The van der Waals surface area contributed by atoms with Gasteiger partial charge in [-0.05, 0) is 12.1 Å². The molecule has 0 heterocycles. The van der Waals surface area contributed by atoms with Gasteiger partial charge in [-0.3, -0.25) is 0 Å². The number of para-hydroxylation sites is 1. The van der Waals surface area contributed by atoms with E-state index in [0.717, 1.165) is 0 Å². The third-order valence-electron chi connectivity index (χ3n) is 2.83. The predicted octanol–water partition coefficient (Wildman–Crippen LogP) is -2.02. The fourth-order valence-corrected chi connectivity index (χ4v) is 1.55. The number of aromatic hydroxyl groups is 1. The quantitative estimate of drug-likeness (QED) is 0.316. The molecule has 4 atom stereocenters. The summed E-state index contributed by atoms with van der Waals surface area (Å²) in [4.78, 5) is 11.6. The lowest BCUT2D eigenvalue weighted by Gasteiger charge is -2.25. The third kappa shape index (κ3) is 4.66. The van der Waals surface area contributed by atoms with Crippen molar-refractivity contribution in [3.63, 3.8) is 0 Å². The van der Waals surface area contributed by atoms with Gasteiger partial charge in [-0.1, -0.05) is 12.1 Å². The van der Waals surface area contributed by atoms with E-state index < -0.39 is 43.6 Å². The molecule has 8 nitrogen and oxygen atoms in total. The Morgan fingerprint density at radius 2 is 1.62 bits per heavy atom. The number of rotatable bonds is 7. The number of esters is 1. The zero-order valence-electron chi connectivity index (χ0n) is 11.0. The maximum atomic E-state index is 11.6. The highest BCUT2D eigenvalue weighted by molar-refractivity contribution is 5.92. The minimum atomic E-state index is -1.82. The molecule has 21 heavy (non-hydrogen) atoms. The van der Waals surface area contributed by atoms with Crippen LogP contribution < -0.4 is 0 Å². The van der Waals surface area contributed by atoms with Crippen LogP contribution >= 0.6 is 0 Å². The summed E-state index contributed by atoms with van der Waals surface area (Å²) in [6, 6.07) is 5.61. The van der Waals surface area contributed by atoms with Crippen LogP contribution in [0.5, 0.6) is 5.75 Å². The second kappa shape index (κ2) is 7.91. The first-order chi connectivity index (χ1) is 9.88. The molecule has 0 aromatic heterocycles. The van der Waals surface area contributed by atoms with Gasteiger partial charge in [-0.2, -0.15) is 0 Å². The molecule has 1 aromatic rings. The van der Waals surface area contributed by atoms with Gasteiger partial charge < -0.3 is 35.4 Å². The Morgan fingerprint density at radius 1 is 1.05 bits per heavy atom. The molecule has 0 unspecified atom stereocenters. The van der Waals surface area contributed by atoms with Gasteiger partial charge in [0.25, 0.3) is 0 Å². The summed E-state index contributed by atoms with van der Waals surface area (Å²) in [5, 5.41) is 55.6. The van der Waals surface area contributed by atoms with Gasteiger partial charge in [-0.15, -0.1) is 0 Å². The van der Waals surface area contributed by atoms with E-state index in [1.165, 1.54) is 24.3 Å². The number of phenolic OH excluding ortho intramolecular Hbond substituents is 1. The van der Waals surface area contributed by atoms with Crippen molar-refractivity contribution >= 4 is 5.97 Å². The fraction of sp³-hybridized carbons (Fsp3) is 0.462. The Balaban J connectivity index is 2.55. The fourth-order valence-electron chi connectivity index (χ4n) is 1.55. The van der Waals surface area contributed by atoms with Crippen LogP contribution in [-0.4, -0.2) is 74.2 Å². The van der Waals surface area contributed by atoms with E-state index >= 15 is 0 Å². The molecule has 0 radical (unpaired) electrons. The average molecular weight is 302 g/mol. The lowest BCUT2D eigenvalue weighted by atomic mass is 10.0. The molecule has 0 spiro atoms. The van der Waals surface area contributed by atoms with Crippen LogP contribution in [0.2, 0.25) is 0 Å². The number of ether oxygens (including phenoxy) is 1. The van der Waals surface area contributed by atoms with E-state index in [1.807, 2.05) is 0 Å². The molecule has 0 aliphatic heterocycles. The summed E-state index contributed by atoms with van der Waals surface area (Å²) in [6.07, 6.45) is -6.92. The number of hydrogen-bond acceptors (Lipinski definition) is 8. The SMILES string of the molecule is O=C(OC[C@@H](O)[C@@H](O)[C@H](O)[C@@H](O)CO)c1ccccc1O. The van der Waals surface area contributed by atoms with Crippen molar-refractivity contribution in [1.29, 1.82) is 0 Å². The van der Waals surface area contributed by atoms with Gasteiger partial charge in [0.05, 0.1) is 6.61 Å². The first-order valence-electron chi connectivity index (χ1n) is 6.16. The highest BCUT2D eigenvalue weighted by Gasteiger charge is 2.30. The molecule has 0 aliphatic carbocycles. The largest absolute Gasteiger partial charge is 0.507 e. The maximum Gasteiger partial charge on any atom is 0.342 e. The van der Waals surface area contributed by atoms with Crippen molar-refractivity contribution < 1.29 is 40.2 Å². The molecular formula is C13H18O8. The van der Waals surface area contributed by atoms with Crippen molar-refractivity contribution in [2.75, 3.05) is 13.2 Å². The number of aliphatic hydroxyl groups is 5. The summed E-state index contributed by atoms with van der Waals surface area (Å²) < 4.78 is 4.69. The number of aliphatic hydroxyl groups excluding tert-OH is 5. The van der Waals surface area contributed by atoms with Crippen molar-refractivity contribution in [1.82, 2.24) is 0 Å². The maximum absolute atomic E-state index is 11.6. The average Bonchev–Trinajstić information content (AvgIpc) is 2.50. The normalized spacial score (nSPS) is 16.8. The van der Waals surface area contributed by atoms with Crippen molar-refractivity contribution in [3.05, 3.63) is 29.8 Å². The zero-order chi connectivity index (χ0) is 16.0. The molecule has 0 aliphatic rings. The van der Waals surface area contributed by atoms with Crippen LogP contribution in [-0.2, 0) is 4.74 Å². The molecule has 0 amide bonds. The molecule has 0 fully saturated rings. The molecule has 118 valence electrons. The predicted molar refractivity (Wildman–Crippen MR) is 69.5 cm³/mol. The minimum Gasteiger partial charge on any atom is -0.507 e. The Bertz CT molecular complexity index is 463. The van der Waals surface area contributed by atoms with Crippen molar-refractivity contribution in [3.8, 4) is 5.75 Å². The van der Waals surface area contributed by atoms with Crippen LogP contribution in [0.15, 0.2) is 24.3 Å². The first-order valence-corrected chi connectivity index (χ1v) is 6.16. The molecule has 8 heteroatoms. The van der Waals surface area contributed by atoms with E-state index in [1.54, 1.807) is 0 Å². The van der Waals surface area contributed by atoms with E-state index in [9.17, 15) is 25.2 Å². The standard InChI is InChI=1S/C13H18O8/c14-5-9(16)11(18)12(19)10(17)6-21-13(20)7-3-1-2-4-8(7)15/h1-4,9-12,14-19H,5-6H2/t9-,10+,11+,12+/m0/s1. The first kappa shape index (κ1) is 17.3. The number of carbonyl (C=O) groups excluding carboxylic acids is 1. The summed E-state index contributed by atoms with van der Waals surface area (Å²) in [6.45, 7) is -1.47. The van der Waals surface area contributed by atoms with Crippen LogP contribution in [0.3, 0.4) is 0 Å². The Labute approximate surface area is 120 Å². The van der Waals surface area contributed by atoms with Gasteiger partial charge in [-0.25, -0.2) is 4.79 Å². The monoisotopic (exact) mass is 302 g/mol. The van der Waals surface area contributed by atoms with Crippen LogP contribution in [0.25, 0.3) is 0 Å². The summed E-state index contributed by atoms with van der Waals surface area (Å²) >= 11 is 0. The lowest BCUT2D eigenvalue weighted by Crippen LogP contribution is -2.47. The minimum absolute atomic E-state index is 0.116. The number of hydrogen-bond donors (Lipinski definition) is 6. The molecule has 1 aromatic carbocycles. The topological polar surface area (TPSA) is 148 Å². The Hall–Kier alpha value is -1.71. The van der Waals surface area contributed by atoms with Gasteiger partial charge in [0.15, 0.2) is 0 Å². The van der Waals surface area contributed by atoms with Gasteiger partial charge in [0.1, 0.15) is 42.3 Å². The molecular weight excluding hydrogens is 284 g/mol. The van der Waals surface area contributed by atoms with E-state index in [-0.39, 0.29) is 11.3 Å². The second-order valence-corrected chi connectivity index (χ2v) is 4.41. The van der Waals surface area contributed by atoms with E-state index in [2.05, 4.69) is 0 Å². The van der Waals surface area contributed by atoms with Crippen LogP contribution in [0.4, 0.5) is 0 Å². The smallest absolute Gasteiger partial charge is 0.342 e. The van der Waals surface area contributed by atoms with E-state index in [4.69, 9.17) is 14.9 Å². The van der Waals surface area contributed by atoms with Gasteiger partial charge >= 0.3 is 5.97 Å². The van der Waals surface area contributed by atoms with Crippen LogP contribution in [0, 0.1) is 0 Å². The highest BCUT2D eigenvalue weighted by Crippen LogP contribution is 2.17. The van der Waals surface area contributed by atoms with Crippen molar-refractivity contribution in [2.45, 2.75) is 24.4 Å². The third-order valence-corrected chi connectivity index (χ3v) is 2.83. The summed E-state index contributed by atoms with van der Waals surface area (Å²) in [7, 11) is 0. The summed E-state index contributed by atoms with van der Waals surface area (Å²) in [5.41, 5.74) is -0.116. The number of phenols is 1. The number of benzene rings is 1. The Kier molecular flexibility index (Phi) is 6.53.